The van der Waals surface area contributed by atoms with E-state index in [-0.39, 0.29) is 54.3 Å². The van der Waals surface area contributed by atoms with E-state index in [1.54, 1.807) is 48.5 Å². The number of hydrogen-bond donors (Lipinski definition) is 8. The lowest BCUT2D eigenvalue weighted by Gasteiger charge is -2.17. The van der Waals surface area contributed by atoms with E-state index in [1.807, 2.05) is 13.8 Å². The van der Waals surface area contributed by atoms with E-state index in [2.05, 4.69) is 20.9 Å². The molecule has 4 aromatic rings. The quantitative estimate of drug-likeness (QED) is 0.0460. The summed E-state index contributed by atoms with van der Waals surface area (Å²) in [6.45, 7) is 3.68. The van der Waals surface area contributed by atoms with Crippen LogP contribution in [0.5, 0.6) is 0 Å². The highest BCUT2D eigenvalue weighted by Crippen LogP contribution is 2.24. The molecule has 0 fully saturated rings. The number of hydrogen-bond acceptors (Lipinski definition) is 9. The van der Waals surface area contributed by atoms with E-state index in [1.165, 1.54) is 29.0 Å². The van der Waals surface area contributed by atoms with Crippen LogP contribution >= 0.6 is 0 Å². The maximum atomic E-state index is 13.5. The normalized spacial score (nSPS) is 10.9. The maximum absolute atomic E-state index is 13.5. The van der Waals surface area contributed by atoms with Gasteiger partial charge in [0.05, 0.1) is 11.9 Å². The van der Waals surface area contributed by atoms with Crippen LogP contribution in [0.25, 0.3) is 11.3 Å². The molecule has 0 unspecified atom stereocenters. The Morgan fingerprint density at radius 3 is 1.91 bits per heavy atom. The van der Waals surface area contributed by atoms with Gasteiger partial charge in [0.25, 0.3) is 11.5 Å². The number of amides is 2. The summed E-state index contributed by atoms with van der Waals surface area (Å²) in [7, 11) is 0. The topological polar surface area (TPSA) is 256 Å². The van der Waals surface area contributed by atoms with Crippen LogP contribution in [0, 0.1) is 11.2 Å². The van der Waals surface area contributed by atoms with Gasteiger partial charge in [-0.1, -0.05) is 36.4 Å². The second kappa shape index (κ2) is 20.1. The number of nitrogens with two attached hydrogens (primary N) is 2. The predicted molar refractivity (Wildman–Crippen MR) is 191 cm³/mol. The summed E-state index contributed by atoms with van der Waals surface area (Å²) in [4.78, 5) is 61.6. The number of nitrogens with one attached hydrogen (secondary N) is 4. The monoisotopic (exact) mass is 812 g/mol. The molecule has 1 aromatic heterocycles. The van der Waals surface area contributed by atoms with Crippen molar-refractivity contribution in [1.29, 1.82) is 5.41 Å². The number of nitrogen functional groups attached to an aromatic ring is 2. The van der Waals surface area contributed by atoms with Crippen LogP contribution in [0.15, 0.2) is 77.7 Å². The Kier molecular flexibility index (Phi) is 16.3. The Balaban J connectivity index is 0.000000682. The van der Waals surface area contributed by atoms with Gasteiger partial charge >= 0.3 is 24.3 Å². The molecule has 3 aromatic carbocycles. The maximum Gasteiger partial charge on any atom is 0.490 e. The highest BCUT2D eigenvalue weighted by Gasteiger charge is 2.39. The zero-order valence-corrected chi connectivity index (χ0v) is 29.8. The summed E-state index contributed by atoms with van der Waals surface area (Å²) < 4.78 is 78.3. The van der Waals surface area contributed by atoms with E-state index in [0.717, 1.165) is 5.56 Å². The van der Waals surface area contributed by atoms with E-state index in [0.29, 0.717) is 16.7 Å². The molecule has 0 bridgehead atoms. The van der Waals surface area contributed by atoms with Gasteiger partial charge in [0.15, 0.2) is 5.82 Å². The predicted octanol–water partition coefficient (Wildman–Crippen LogP) is 4.25. The van der Waals surface area contributed by atoms with Gasteiger partial charge < -0.3 is 37.6 Å². The molecule has 1 heterocycles. The SMILES string of the molecule is CC(C)Nc1ncc(-c2cc(N)cc(C(=O)NCc3cccc(F)c3)c2)n(CC(=O)NCc2ccc(C(=N)N)cc2)c1=O.O=C(O)C(F)(F)F.O=C(O)C(F)(F)F. The number of halogens is 7. The standard InChI is InChI=1S/C31H33FN8O3.2C2HF3O2/c1-18(2)39-29-31(43)40(17-27(41)36-14-19-6-8-21(9-7-19)28(34)35)26(16-37-29)22-11-23(13-25(33)12-22)30(42)38-15-20-4-3-5-24(32)10-20;2*3-2(4,5)1(6)7/h3-13,16,18H,14-15,17,33H2,1-2H3,(H3,34,35)(H,36,41)(H,37,39)(H,38,42);2*(H,6,7). The van der Waals surface area contributed by atoms with Crippen molar-refractivity contribution in [1.82, 2.24) is 20.2 Å². The van der Waals surface area contributed by atoms with Crippen LogP contribution in [-0.4, -0.2) is 67.7 Å². The number of rotatable bonds is 11. The molecular weight excluding hydrogens is 777 g/mol. The minimum atomic E-state index is -5.08. The van der Waals surface area contributed by atoms with Gasteiger partial charge in [-0.05, 0) is 55.3 Å². The summed E-state index contributed by atoms with van der Waals surface area (Å²) in [5, 5.41) is 30.3. The van der Waals surface area contributed by atoms with Gasteiger partial charge in [-0.25, -0.2) is 19.0 Å². The number of carboxylic acids is 2. The summed E-state index contributed by atoms with van der Waals surface area (Å²) >= 11 is 0. The largest absolute Gasteiger partial charge is 0.490 e. The van der Waals surface area contributed by atoms with Crippen LogP contribution in [0.2, 0.25) is 0 Å². The Bertz CT molecular complexity index is 2120. The van der Waals surface area contributed by atoms with Crippen molar-refractivity contribution < 1.29 is 60.1 Å². The molecule has 0 aliphatic carbocycles. The number of anilines is 2. The van der Waals surface area contributed by atoms with Gasteiger partial charge in [0.1, 0.15) is 18.2 Å². The smallest absolute Gasteiger partial charge is 0.475 e. The lowest BCUT2D eigenvalue weighted by Crippen LogP contribution is -2.35. The molecule has 0 aliphatic heterocycles. The number of carbonyl (C=O) groups is 4. The number of aliphatic carboxylic acids is 2. The first kappa shape index (κ1) is 46.2. The van der Waals surface area contributed by atoms with Crippen molar-refractivity contribution in [2.24, 2.45) is 5.73 Å². The Morgan fingerprint density at radius 2 is 1.40 bits per heavy atom. The van der Waals surface area contributed by atoms with E-state index >= 15 is 0 Å². The van der Waals surface area contributed by atoms with Crippen molar-refractivity contribution in [2.75, 3.05) is 11.1 Å². The summed E-state index contributed by atoms with van der Waals surface area (Å²) in [6, 6.07) is 17.3. The number of carbonyl (C=O) groups excluding carboxylic acids is 2. The van der Waals surface area contributed by atoms with Crippen LogP contribution in [0.3, 0.4) is 0 Å². The molecule has 306 valence electrons. The first-order chi connectivity index (χ1) is 26.4. The molecule has 57 heavy (non-hydrogen) atoms. The van der Waals surface area contributed by atoms with Gasteiger partial charge in [0.2, 0.25) is 5.91 Å². The Morgan fingerprint density at radius 1 is 0.842 bits per heavy atom. The lowest BCUT2D eigenvalue weighted by atomic mass is 10.1. The van der Waals surface area contributed by atoms with Crippen molar-refractivity contribution in [3.05, 3.63) is 111 Å². The summed E-state index contributed by atoms with van der Waals surface area (Å²) in [5.74, 6) is -6.79. The molecule has 0 atom stereocenters. The molecule has 4 rings (SSSR count). The fraction of sp³-hybridized carbons (Fsp3) is 0.229. The molecule has 0 radical (unpaired) electrons. The zero-order chi connectivity index (χ0) is 43.2. The van der Waals surface area contributed by atoms with Gasteiger partial charge in [-0.2, -0.15) is 26.3 Å². The van der Waals surface area contributed by atoms with E-state index < -0.39 is 47.5 Å². The molecule has 0 saturated heterocycles. The van der Waals surface area contributed by atoms with Gasteiger partial charge in [-0.15, -0.1) is 0 Å². The number of benzene rings is 3. The highest BCUT2D eigenvalue weighted by molar-refractivity contribution is 5.96. The lowest BCUT2D eigenvalue weighted by molar-refractivity contribution is -0.193. The average molecular weight is 813 g/mol. The van der Waals surface area contributed by atoms with E-state index in [9.17, 15) is 45.1 Å². The Labute approximate surface area is 318 Å². The average Bonchev–Trinajstić information content (AvgIpc) is 3.11. The molecule has 22 heteroatoms. The molecule has 15 nitrogen and oxygen atoms in total. The molecule has 10 N–H and O–H groups in total. The van der Waals surface area contributed by atoms with Crippen molar-refractivity contribution in [3.63, 3.8) is 0 Å². The van der Waals surface area contributed by atoms with Gasteiger partial charge in [-0.3, -0.25) is 24.4 Å². The minimum Gasteiger partial charge on any atom is -0.475 e. The zero-order valence-electron chi connectivity index (χ0n) is 29.8. The van der Waals surface area contributed by atoms with E-state index in [4.69, 9.17) is 36.7 Å². The van der Waals surface area contributed by atoms with Gasteiger partial charge in [0, 0.05) is 41.5 Å². The molecule has 0 aliphatic rings. The fourth-order valence-corrected chi connectivity index (χ4v) is 4.31. The molecule has 2 amide bonds. The number of nitrogens with zero attached hydrogens (tertiary/aromatic N) is 2. The van der Waals surface area contributed by atoms with Crippen LogP contribution in [-0.2, 0) is 34.0 Å². The van der Waals surface area contributed by atoms with Crippen molar-refractivity contribution in [3.8, 4) is 11.3 Å². The number of amidine groups is 1. The molecule has 0 saturated carbocycles. The third kappa shape index (κ3) is 15.3. The second-order valence-electron chi connectivity index (χ2n) is 11.8. The highest BCUT2D eigenvalue weighted by atomic mass is 19.4. The molecule has 0 spiro atoms. The fourth-order valence-electron chi connectivity index (χ4n) is 4.31. The third-order valence-corrected chi connectivity index (χ3v) is 6.88. The first-order valence-electron chi connectivity index (χ1n) is 16.0. The number of alkyl halides is 6. The van der Waals surface area contributed by atoms with Crippen LogP contribution in [0.1, 0.15) is 40.9 Å². The first-order valence-corrected chi connectivity index (χ1v) is 16.0. The summed E-state index contributed by atoms with van der Waals surface area (Å²) in [5.41, 5.74) is 14.2. The number of carboxylic acid groups (broad SMARTS) is 2. The molecular formula is C35H35F7N8O7. The summed E-state index contributed by atoms with van der Waals surface area (Å²) in [6.07, 6.45) is -8.72. The number of aromatic nitrogens is 2. The Hall–Kier alpha value is -7.00. The van der Waals surface area contributed by atoms with Crippen LogP contribution in [0.4, 0.5) is 42.2 Å². The minimum absolute atomic E-state index is 0.0558. The third-order valence-electron chi connectivity index (χ3n) is 6.88. The van der Waals surface area contributed by atoms with Crippen LogP contribution < -0.4 is 33.0 Å². The van der Waals surface area contributed by atoms with Crippen molar-refractivity contribution in [2.45, 2.75) is 51.9 Å². The van der Waals surface area contributed by atoms with Crippen molar-refractivity contribution >= 4 is 41.1 Å². The second-order valence-corrected chi connectivity index (χ2v) is 11.8.